The van der Waals surface area contributed by atoms with Crippen LogP contribution in [-0.4, -0.2) is 28.5 Å². The molecule has 0 saturated carbocycles. The van der Waals surface area contributed by atoms with Gasteiger partial charge in [0.05, 0.1) is 11.9 Å². The van der Waals surface area contributed by atoms with Gasteiger partial charge >= 0.3 is 0 Å². The van der Waals surface area contributed by atoms with Gasteiger partial charge in [-0.05, 0) is 24.6 Å². The summed E-state index contributed by atoms with van der Waals surface area (Å²) in [4.78, 5) is 0. The van der Waals surface area contributed by atoms with Gasteiger partial charge in [0.15, 0.2) is 5.82 Å². The van der Waals surface area contributed by atoms with Crippen LogP contribution < -0.4 is 0 Å². The summed E-state index contributed by atoms with van der Waals surface area (Å²) in [5, 5.41) is 9.23. The molecule has 0 aliphatic carbocycles. The second-order valence-corrected chi connectivity index (χ2v) is 5.65. The standard InChI is InChI=1S/C13H15Br2N3O/c1-9-3-4-10(15)7-11(9)13-17-16-12(8-14)18(13)5-6-19-2/h3-4,7H,5-6,8H2,1-2H3. The fourth-order valence-electron chi connectivity index (χ4n) is 1.89. The Morgan fingerprint density at radius 3 is 2.79 bits per heavy atom. The number of aromatic nitrogens is 3. The molecule has 0 aliphatic heterocycles. The van der Waals surface area contributed by atoms with Gasteiger partial charge in [-0.1, -0.05) is 37.9 Å². The third-order valence-corrected chi connectivity index (χ3v) is 3.90. The van der Waals surface area contributed by atoms with E-state index in [1.165, 1.54) is 5.56 Å². The summed E-state index contributed by atoms with van der Waals surface area (Å²) in [5.41, 5.74) is 2.26. The van der Waals surface area contributed by atoms with Gasteiger partial charge in [-0.15, -0.1) is 10.2 Å². The number of alkyl halides is 1. The molecule has 102 valence electrons. The van der Waals surface area contributed by atoms with Gasteiger partial charge in [0.25, 0.3) is 0 Å². The van der Waals surface area contributed by atoms with E-state index in [0.717, 1.165) is 28.2 Å². The quantitative estimate of drug-likeness (QED) is 0.735. The molecule has 0 bridgehead atoms. The molecule has 2 rings (SSSR count). The van der Waals surface area contributed by atoms with Crippen LogP contribution in [0.3, 0.4) is 0 Å². The number of methoxy groups -OCH3 is 1. The van der Waals surface area contributed by atoms with Crippen LogP contribution in [0.15, 0.2) is 22.7 Å². The van der Waals surface area contributed by atoms with E-state index >= 15 is 0 Å². The highest BCUT2D eigenvalue weighted by atomic mass is 79.9. The number of benzene rings is 1. The maximum Gasteiger partial charge on any atom is 0.164 e. The Morgan fingerprint density at radius 2 is 2.11 bits per heavy atom. The van der Waals surface area contributed by atoms with Crippen molar-refractivity contribution in [3.63, 3.8) is 0 Å². The molecule has 0 N–H and O–H groups in total. The van der Waals surface area contributed by atoms with Gasteiger partial charge in [0.2, 0.25) is 0 Å². The molecule has 0 amide bonds. The van der Waals surface area contributed by atoms with Crippen LogP contribution in [0.4, 0.5) is 0 Å². The minimum atomic E-state index is 0.637. The second-order valence-electron chi connectivity index (χ2n) is 4.18. The Labute approximate surface area is 129 Å². The molecule has 0 spiro atoms. The molecular weight excluding hydrogens is 374 g/mol. The molecule has 0 aliphatic rings. The van der Waals surface area contributed by atoms with Gasteiger partial charge in [-0.25, -0.2) is 0 Å². The molecule has 0 atom stereocenters. The number of halogens is 2. The zero-order valence-electron chi connectivity index (χ0n) is 10.9. The van der Waals surface area contributed by atoms with Gasteiger partial charge in [0.1, 0.15) is 5.82 Å². The minimum Gasteiger partial charge on any atom is -0.383 e. The van der Waals surface area contributed by atoms with Gasteiger partial charge in [0, 0.05) is 23.7 Å². The van der Waals surface area contributed by atoms with Crippen molar-refractivity contribution in [1.29, 1.82) is 0 Å². The number of nitrogens with zero attached hydrogens (tertiary/aromatic N) is 3. The molecule has 1 heterocycles. The van der Waals surface area contributed by atoms with Crippen molar-refractivity contribution < 1.29 is 4.74 Å². The molecule has 1 aromatic heterocycles. The summed E-state index contributed by atoms with van der Waals surface area (Å²) < 4.78 is 8.29. The van der Waals surface area contributed by atoms with Crippen molar-refractivity contribution in [1.82, 2.24) is 14.8 Å². The molecule has 4 nitrogen and oxygen atoms in total. The summed E-state index contributed by atoms with van der Waals surface area (Å²) in [7, 11) is 1.70. The molecule has 0 fully saturated rings. The molecule has 1 aromatic carbocycles. The Morgan fingerprint density at radius 1 is 1.32 bits per heavy atom. The van der Waals surface area contributed by atoms with E-state index in [-0.39, 0.29) is 0 Å². The Hall–Kier alpha value is -0.720. The number of hydrogen-bond donors (Lipinski definition) is 0. The van der Waals surface area contributed by atoms with Crippen LogP contribution in [0, 0.1) is 6.92 Å². The highest BCUT2D eigenvalue weighted by molar-refractivity contribution is 9.10. The molecular formula is C13H15Br2N3O. The van der Waals surface area contributed by atoms with E-state index in [9.17, 15) is 0 Å². The predicted octanol–water partition coefficient (Wildman–Crippen LogP) is 3.56. The first-order valence-corrected chi connectivity index (χ1v) is 7.82. The van der Waals surface area contributed by atoms with E-state index in [1.54, 1.807) is 7.11 Å². The average molecular weight is 389 g/mol. The summed E-state index contributed by atoms with van der Waals surface area (Å²) in [5.74, 6) is 1.79. The number of rotatable bonds is 5. The van der Waals surface area contributed by atoms with Gasteiger partial charge in [-0.2, -0.15) is 0 Å². The number of hydrogen-bond acceptors (Lipinski definition) is 3. The first-order valence-electron chi connectivity index (χ1n) is 5.91. The maximum absolute atomic E-state index is 5.16. The van der Waals surface area contributed by atoms with Crippen molar-refractivity contribution in [3.05, 3.63) is 34.1 Å². The van der Waals surface area contributed by atoms with Crippen molar-refractivity contribution in [2.75, 3.05) is 13.7 Å². The highest BCUT2D eigenvalue weighted by Gasteiger charge is 2.14. The summed E-state index contributed by atoms with van der Waals surface area (Å²) in [6, 6.07) is 6.17. The molecule has 0 saturated heterocycles. The van der Waals surface area contributed by atoms with Crippen molar-refractivity contribution >= 4 is 31.9 Å². The fraction of sp³-hybridized carbons (Fsp3) is 0.385. The zero-order chi connectivity index (χ0) is 13.8. The van der Waals surface area contributed by atoms with Crippen molar-refractivity contribution in [3.8, 4) is 11.4 Å². The zero-order valence-corrected chi connectivity index (χ0v) is 14.0. The van der Waals surface area contributed by atoms with Gasteiger partial charge < -0.3 is 9.30 Å². The topological polar surface area (TPSA) is 39.9 Å². The molecule has 0 radical (unpaired) electrons. The first kappa shape index (κ1) is 14.7. The van der Waals surface area contributed by atoms with Crippen LogP contribution in [-0.2, 0) is 16.6 Å². The third-order valence-electron chi connectivity index (χ3n) is 2.91. The van der Waals surface area contributed by atoms with Crippen LogP contribution >= 0.6 is 31.9 Å². The Kier molecular flexibility index (Phi) is 5.13. The van der Waals surface area contributed by atoms with E-state index in [1.807, 2.05) is 6.07 Å². The molecule has 6 heteroatoms. The third kappa shape index (κ3) is 3.24. The van der Waals surface area contributed by atoms with Crippen LogP contribution in [0.25, 0.3) is 11.4 Å². The first-order chi connectivity index (χ1) is 9.17. The van der Waals surface area contributed by atoms with Crippen LogP contribution in [0.5, 0.6) is 0 Å². The van der Waals surface area contributed by atoms with E-state index in [4.69, 9.17) is 4.74 Å². The summed E-state index contributed by atoms with van der Waals surface area (Å²) >= 11 is 6.95. The smallest absolute Gasteiger partial charge is 0.164 e. The van der Waals surface area contributed by atoms with Gasteiger partial charge in [-0.3, -0.25) is 0 Å². The van der Waals surface area contributed by atoms with Crippen molar-refractivity contribution in [2.45, 2.75) is 18.8 Å². The number of aryl methyl sites for hydroxylation is 1. The normalized spacial score (nSPS) is 10.9. The molecule has 2 aromatic rings. The lowest BCUT2D eigenvalue weighted by atomic mass is 10.1. The Balaban J connectivity index is 2.49. The van der Waals surface area contributed by atoms with E-state index < -0.39 is 0 Å². The monoisotopic (exact) mass is 387 g/mol. The van der Waals surface area contributed by atoms with E-state index in [2.05, 4.69) is 65.7 Å². The predicted molar refractivity (Wildman–Crippen MR) is 82.4 cm³/mol. The lowest BCUT2D eigenvalue weighted by Gasteiger charge is -2.10. The fourth-order valence-corrected chi connectivity index (χ4v) is 2.66. The SMILES string of the molecule is COCCn1c(CBr)nnc1-c1cc(Br)ccc1C. The Bertz CT molecular complexity index is 569. The number of ether oxygens (including phenoxy) is 1. The van der Waals surface area contributed by atoms with Crippen LogP contribution in [0.1, 0.15) is 11.4 Å². The molecule has 0 unspecified atom stereocenters. The largest absolute Gasteiger partial charge is 0.383 e. The lowest BCUT2D eigenvalue weighted by molar-refractivity contribution is 0.187. The molecule has 19 heavy (non-hydrogen) atoms. The van der Waals surface area contributed by atoms with E-state index in [0.29, 0.717) is 11.9 Å². The second kappa shape index (κ2) is 6.63. The highest BCUT2D eigenvalue weighted by Crippen LogP contribution is 2.26. The van der Waals surface area contributed by atoms with Crippen molar-refractivity contribution in [2.24, 2.45) is 0 Å². The summed E-state index contributed by atoms with van der Waals surface area (Å²) in [6.07, 6.45) is 0. The van der Waals surface area contributed by atoms with Crippen LogP contribution in [0.2, 0.25) is 0 Å². The summed E-state index contributed by atoms with van der Waals surface area (Å²) in [6.45, 7) is 3.45. The maximum atomic E-state index is 5.16. The average Bonchev–Trinajstić information content (AvgIpc) is 2.81. The lowest BCUT2D eigenvalue weighted by Crippen LogP contribution is -2.09. The minimum absolute atomic E-state index is 0.637.